The van der Waals surface area contributed by atoms with Gasteiger partial charge in [-0.25, -0.2) is 0 Å². The quantitative estimate of drug-likeness (QED) is 0.625. The Morgan fingerprint density at radius 2 is 2.10 bits per heavy atom. The van der Waals surface area contributed by atoms with E-state index in [0.29, 0.717) is 18.1 Å². The lowest BCUT2D eigenvalue weighted by Gasteiger charge is -2.27. The van der Waals surface area contributed by atoms with Crippen LogP contribution in [0.3, 0.4) is 0 Å². The zero-order valence-electron chi connectivity index (χ0n) is 11.3. The molecule has 6 heteroatoms. The largest absolute Gasteiger partial charge is 0.416 e. The lowest BCUT2D eigenvalue weighted by atomic mass is 9.97. The van der Waals surface area contributed by atoms with E-state index in [2.05, 4.69) is 5.43 Å². The zero-order chi connectivity index (χ0) is 14.8. The maximum absolute atomic E-state index is 12.8. The van der Waals surface area contributed by atoms with Gasteiger partial charge in [0.1, 0.15) is 0 Å². The number of benzene rings is 1. The SMILES string of the molecule is CCOC(C1CC1)C(NN)c1cccc(C(F)(F)F)c1. The minimum absolute atomic E-state index is 0.187. The van der Waals surface area contributed by atoms with Crippen LogP contribution in [0.15, 0.2) is 24.3 Å². The molecule has 0 aromatic heterocycles. The molecule has 1 aromatic rings. The van der Waals surface area contributed by atoms with Crippen LogP contribution in [-0.2, 0) is 10.9 Å². The molecule has 0 amide bonds. The molecule has 1 fully saturated rings. The number of hydrogen-bond donors (Lipinski definition) is 2. The van der Waals surface area contributed by atoms with Crippen LogP contribution in [-0.4, -0.2) is 12.7 Å². The molecule has 2 unspecified atom stereocenters. The first-order valence-corrected chi connectivity index (χ1v) is 6.72. The smallest absolute Gasteiger partial charge is 0.376 e. The molecule has 3 N–H and O–H groups in total. The summed E-state index contributed by atoms with van der Waals surface area (Å²) < 4.78 is 44.0. The minimum Gasteiger partial charge on any atom is -0.376 e. The molecule has 2 rings (SSSR count). The number of nitrogens with one attached hydrogen (secondary N) is 1. The van der Waals surface area contributed by atoms with Crippen LogP contribution < -0.4 is 11.3 Å². The summed E-state index contributed by atoms with van der Waals surface area (Å²) >= 11 is 0. The van der Waals surface area contributed by atoms with Gasteiger partial charge in [-0.2, -0.15) is 13.2 Å². The molecule has 1 saturated carbocycles. The van der Waals surface area contributed by atoms with Crippen molar-refractivity contribution in [1.29, 1.82) is 0 Å². The molecular weight excluding hydrogens is 269 g/mol. The van der Waals surface area contributed by atoms with Gasteiger partial charge >= 0.3 is 6.18 Å². The maximum atomic E-state index is 12.8. The Kier molecular flexibility index (Phi) is 4.67. The topological polar surface area (TPSA) is 47.3 Å². The maximum Gasteiger partial charge on any atom is 0.416 e. The van der Waals surface area contributed by atoms with E-state index < -0.39 is 17.8 Å². The second-order valence-electron chi connectivity index (χ2n) is 5.02. The first-order valence-electron chi connectivity index (χ1n) is 6.72. The fraction of sp³-hybridized carbons (Fsp3) is 0.571. The highest BCUT2D eigenvalue weighted by Gasteiger charge is 2.38. The van der Waals surface area contributed by atoms with Gasteiger partial charge in [0.15, 0.2) is 0 Å². The molecule has 1 aliphatic carbocycles. The Hall–Kier alpha value is -1.11. The number of nitrogens with two attached hydrogens (primary N) is 1. The Balaban J connectivity index is 2.26. The summed E-state index contributed by atoms with van der Waals surface area (Å²) in [6.45, 7) is 2.38. The summed E-state index contributed by atoms with van der Waals surface area (Å²) in [6, 6.07) is 4.82. The molecule has 0 heterocycles. The van der Waals surface area contributed by atoms with E-state index in [4.69, 9.17) is 10.6 Å². The van der Waals surface area contributed by atoms with E-state index in [1.807, 2.05) is 6.92 Å². The molecule has 1 aliphatic rings. The van der Waals surface area contributed by atoms with Gasteiger partial charge in [0.2, 0.25) is 0 Å². The zero-order valence-corrected chi connectivity index (χ0v) is 11.3. The average Bonchev–Trinajstić information content (AvgIpc) is 3.22. The van der Waals surface area contributed by atoms with Crippen molar-refractivity contribution < 1.29 is 17.9 Å². The molecule has 0 saturated heterocycles. The van der Waals surface area contributed by atoms with Gasteiger partial charge in [0.05, 0.1) is 17.7 Å². The highest BCUT2D eigenvalue weighted by Crippen LogP contribution is 2.40. The molecule has 20 heavy (non-hydrogen) atoms. The molecule has 0 spiro atoms. The van der Waals surface area contributed by atoms with Gasteiger partial charge in [-0.15, -0.1) is 0 Å². The van der Waals surface area contributed by atoms with E-state index in [9.17, 15) is 13.2 Å². The average molecular weight is 288 g/mol. The molecule has 0 aliphatic heterocycles. The van der Waals surface area contributed by atoms with Crippen LogP contribution in [0, 0.1) is 5.92 Å². The molecule has 112 valence electrons. The van der Waals surface area contributed by atoms with E-state index in [-0.39, 0.29) is 6.10 Å². The standard InChI is InChI=1S/C14H19F3N2O/c1-2-20-13(9-6-7-9)12(19-18)10-4-3-5-11(8-10)14(15,16)17/h3-5,8-9,12-13,19H,2,6-7,18H2,1H3. The van der Waals surface area contributed by atoms with Crippen molar-refractivity contribution in [3.63, 3.8) is 0 Å². The van der Waals surface area contributed by atoms with Gasteiger partial charge in [0, 0.05) is 6.61 Å². The summed E-state index contributed by atoms with van der Waals surface area (Å²) in [7, 11) is 0. The van der Waals surface area contributed by atoms with E-state index in [1.165, 1.54) is 6.07 Å². The summed E-state index contributed by atoms with van der Waals surface area (Å²) in [5, 5.41) is 0. The van der Waals surface area contributed by atoms with Gasteiger partial charge in [0.25, 0.3) is 0 Å². The van der Waals surface area contributed by atoms with Crippen LogP contribution in [0.1, 0.15) is 36.9 Å². The Labute approximate surface area is 116 Å². The third-order valence-electron chi connectivity index (χ3n) is 3.53. The Bertz CT molecular complexity index is 446. The summed E-state index contributed by atoms with van der Waals surface area (Å²) in [6.07, 6.45) is -2.48. The second-order valence-corrected chi connectivity index (χ2v) is 5.02. The first kappa shape index (κ1) is 15.3. The molecule has 3 nitrogen and oxygen atoms in total. The van der Waals surface area contributed by atoms with Gasteiger partial charge in [-0.3, -0.25) is 11.3 Å². The van der Waals surface area contributed by atoms with Gasteiger partial charge in [-0.05, 0) is 43.4 Å². The number of rotatable bonds is 6. The predicted molar refractivity (Wildman–Crippen MR) is 69.6 cm³/mol. The highest BCUT2D eigenvalue weighted by molar-refractivity contribution is 5.29. The van der Waals surface area contributed by atoms with Crippen LogP contribution >= 0.6 is 0 Å². The number of alkyl halides is 3. The molecule has 0 radical (unpaired) electrons. The van der Waals surface area contributed by atoms with Crippen molar-refractivity contribution in [2.75, 3.05) is 6.61 Å². The first-order chi connectivity index (χ1) is 9.47. The second kappa shape index (κ2) is 6.11. The minimum atomic E-state index is -4.35. The van der Waals surface area contributed by atoms with Crippen molar-refractivity contribution in [2.45, 2.75) is 38.1 Å². The molecular formula is C14H19F3N2O. The third kappa shape index (κ3) is 3.50. The fourth-order valence-corrected chi connectivity index (χ4v) is 2.41. The highest BCUT2D eigenvalue weighted by atomic mass is 19.4. The fourth-order valence-electron chi connectivity index (χ4n) is 2.41. The van der Waals surface area contributed by atoms with E-state index >= 15 is 0 Å². The summed E-state index contributed by atoms with van der Waals surface area (Å²) in [5.41, 5.74) is 2.45. The van der Waals surface area contributed by atoms with Crippen LogP contribution in [0.4, 0.5) is 13.2 Å². The number of ether oxygens (including phenoxy) is 1. The van der Waals surface area contributed by atoms with Crippen LogP contribution in [0.2, 0.25) is 0 Å². The van der Waals surface area contributed by atoms with E-state index in [0.717, 1.165) is 25.0 Å². The van der Waals surface area contributed by atoms with Crippen molar-refractivity contribution in [3.8, 4) is 0 Å². The molecule has 0 bridgehead atoms. The van der Waals surface area contributed by atoms with Crippen molar-refractivity contribution in [3.05, 3.63) is 35.4 Å². The van der Waals surface area contributed by atoms with Crippen molar-refractivity contribution in [2.24, 2.45) is 11.8 Å². The molecule has 2 atom stereocenters. The van der Waals surface area contributed by atoms with E-state index in [1.54, 1.807) is 6.07 Å². The predicted octanol–water partition coefficient (Wildman–Crippen LogP) is 3.02. The lowest BCUT2D eigenvalue weighted by Crippen LogP contribution is -2.39. The summed E-state index contributed by atoms with van der Waals surface area (Å²) in [4.78, 5) is 0. The van der Waals surface area contributed by atoms with Gasteiger partial charge < -0.3 is 4.74 Å². The normalized spacial score (nSPS) is 18.9. The number of hydrazine groups is 1. The monoisotopic (exact) mass is 288 g/mol. The lowest BCUT2D eigenvalue weighted by molar-refractivity contribution is -0.137. The van der Waals surface area contributed by atoms with Crippen molar-refractivity contribution in [1.82, 2.24) is 5.43 Å². The summed E-state index contributed by atoms with van der Waals surface area (Å²) in [5.74, 6) is 5.92. The van der Waals surface area contributed by atoms with Crippen LogP contribution in [0.25, 0.3) is 0 Å². The third-order valence-corrected chi connectivity index (χ3v) is 3.53. The molecule has 1 aromatic carbocycles. The van der Waals surface area contributed by atoms with Crippen LogP contribution in [0.5, 0.6) is 0 Å². The van der Waals surface area contributed by atoms with Gasteiger partial charge in [-0.1, -0.05) is 12.1 Å². The number of hydrogen-bond acceptors (Lipinski definition) is 3. The van der Waals surface area contributed by atoms with Crippen molar-refractivity contribution >= 4 is 0 Å². The number of halogens is 3. The Morgan fingerprint density at radius 3 is 2.60 bits per heavy atom. The Morgan fingerprint density at radius 1 is 1.40 bits per heavy atom.